The standard InChI is InChI=1S/C13H13BrN4O2/c1-2-20-13(19)11(7-15)12(17-8-16)18-10-5-3-9(14)4-6-10/h3-6,8,18H,2H2,1H3,(H2,16,17)/b12-11+. The Kier molecular flexibility index (Phi) is 6.26. The van der Waals surface area contributed by atoms with Gasteiger partial charge in [0.15, 0.2) is 11.4 Å². The Morgan fingerprint density at radius 2 is 2.20 bits per heavy atom. The summed E-state index contributed by atoms with van der Waals surface area (Å²) in [6, 6.07) is 8.90. The fraction of sp³-hybridized carbons (Fsp3) is 0.154. The Morgan fingerprint density at radius 3 is 2.70 bits per heavy atom. The van der Waals surface area contributed by atoms with Gasteiger partial charge < -0.3 is 15.8 Å². The SMILES string of the molecule is CCOC(=O)/C(C#N)=C(\N=C/N)Nc1ccc(Br)cc1. The zero-order chi connectivity index (χ0) is 15.0. The number of nitrogens with one attached hydrogen (secondary N) is 1. The molecular formula is C13H13BrN4O2. The number of ether oxygens (including phenoxy) is 1. The number of nitriles is 1. The molecule has 0 aliphatic heterocycles. The maximum atomic E-state index is 11.7. The maximum Gasteiger partial charge on any atom is 0.352 e. The third-order valence-corrected chi connectivity index (χ3v) is 2.67. The van der Waals surface area contributed by atoms with Gasteiger partial charge in [-0.25, -0.2) is 9.79 Å². The molecule has 1 aromatic carbocycles. The van der Waals surface area contributed by atoms with E-state index >= 15 is 0 Å². The van der Waals surface area contributed by atoms with Gasteiger partial charge in [-0.1, -0.05) is 15.9 Å². The van der Waals surface area contributed by atoms with E-state index in [2.05, 4.69) is 26.2 Å². The van der Waals surface area contributed by atoms with Crippen LogP contribution >= 0.6 is 15.9 Å². The van der Waals surface area contributed by atoms with E-state index in [4.69, 9.17) is 15.7 Å². The van der Waals surface area contributed by atoms with Gasteiger partial charge in [0.25, 0.3) is 0 Å². The summed E-state index contributed by atoms with van der Waals surface area (Å²) in [7, 11) is 0. The van der Waals surface area contributed by atoms with Crippen molar-refractivity contribution in [3.05, 3.63) is 40.1 Å². The second-order valence-electron chi connectivity index (χ2n) is 3.47. The summed E-state index contributed by atoms with van der Waals surface area (Å²) in [5, 5.41) is 11.9. The number of rotatable bonds is 5. The highest BCUT2D eigenvalue weighted by molar-refractivity contribution is 9.10. The fourth-order valence-electron chi connectivity index (χ4n) is 1.30. The van der Waals surface area contributed by atoms with Crippen LogP contribution in [0.5, 0.6) is 0 Å². The Balaban J connectivity index is 3.11. The van der Waals surface area contributed by atoms with Gasteiger partial charge in [-0.2, -0.15) is 5.26 Å². The van der Waals surface area contributed by atoms with E-state index in [-0.39, 0.29) is 18.0 Å². The summed E-state index contributed by atoms with van der Waals surface area (Å²) in [6.07, 6.45) is 0.998. The second-order valence-corrected chi connectivity index (χ2v) is 4.38. The molecule has 0 radical (unpaired) electrons. The number of esters is 1. The molecule has 3 N–H and O–H groups in total. The molecule has 0 aromatic heterocycles. The number of hydrogen-bond donors (Lipinski definition) is 2. The van der Waals surface area contributed by atoms with E-state index in [1.165, 1.54) is 0 Å². The van der Waals surface area contributed by atoms with Crippen molar-refractivity contribution in [3.63, 3.8) is 0 Å². The molecule has 1 rings (SSSR count). The molecule has 6 nitrogen and oxygen atoms in total. The normalized spacial score (nSPS) is 11.7. The van der Waals surface area contributed by atoms with Gasteiger partial charge in [0.2, 0.25) is 0 Å². The summed E-state index contributed by atoms with van der Waals surface area (Å²) in [6.45, 7) is 1.82. The lowest BCUT2D eigenvalue weighted by Crippen LogP contribution is -2.13. The molecule has 7 heteroatoms. The van der Waals surface area contributed by atoms with Crippen LogP contribution < -0.4 is 11.1 Å². The minimum atomic E-state index is -0.750. The molecule has 0 amide bonds. The molecule has 0 bridgehead atoms. The molecule has 0 unspecified atom stereocenters. The van der Waals surface area contributed by atoms with Crippen molar-refractivity contribution in [2.75, 3.05) is 11.9 Å². The number of halogens is 1. The average molecular weight is 337 g/mol. The van der Waals surface area contributed by atoms with Crippen molar-refractivity contribution in [2.45, 2.75) is 6.92 Å². The van der Waals surface area contributed by atoms with Crippen LogP contribution in [0.4, 0.5) is 5.69 Å². The van der Waals surface area contributed by atoms with Gasteiger partial charge in [0, 0.05) is 10.2 Å². The van der Waals surface area contributed by atoms with E-state index in [1.807, 2.05) is 12.1 Å². The number of nitrogens with two attached hydrogens (primary N) is 1. The topological polar surface area (TPSA) is 100 Å². The second kappa shape index (κ2) is 7.96. The maximum absolute atomic E-state index is 11.7. The Bertz CT molecular complexity index is 573. The van der Waals surface area contributed by atoms with Gasteiger partial charge in [-0.3, -0.25) is 0 Å². The highest BCUT2D eigenvalue weighted by atomic mass is 79.9. The summed E-state index contributed by atoms with van der Waals surface area (Å²) in [5.74, 6) is -0.712. The lowest BCUT2D eigenvalue weighted by Gasteiger charge is -2.09. The largest absolute Gasteiger partial charge is 0.462 e. The Morgan fingerprint density at radius 1 is 1.55 bits per heavy atom. The minimum Gasteiger partial charge on any atom is -0.462 e. The molecule has 0 saturated heterocycles. The van der Waals surface area contributed by atoms with Gasteiger partial charge >= 0.3 is 5.97 Å². The minimum absolute atomic E-state index is 0.0378. The van der Waals surface area contributed by atoms with E-state index in [1.54, 1.807) is 25.1 Å². The van der Waals surface area contributed by atoms with Crippen LogP contribution in [0.1, 0.15) is 6.92 Å². The predicted octanol–water partition coefficient (Wildman–Crippen LogP) is 2.15. The van der Waals surface area contributed by atoms with Crippen LogP contribution in [0.2, 0.25) is 0 Å². The average Bonchev–Trinajstić information content (AvgIpc) is 2.42. The number of benzene rings is 1. The lowest BCUT2D eigenvalue weighted by atomic mass is 10.2. The highest BCUT2D eigenvalue weighted by Crippen LogP contribution is 2.17. The van der Waals surface area contributed by atoms with Crippen LogP contribution in [0, 0.1) is 11.3 Å². The summed E-state index contributed by atoms with van der Waals surface area (Å²) in [5.41, 5.74) is 5.66. The van der Waals surface area contributed by atoms with Crippen molar-refractivity contribution < 1.29 is 9.53 Å². The third-order valence-electron chi connectivity index (χ3n) is 2.14. The first kappa shape index (κ1) is 15.7. The molecule has 104 valence electrons. The first-order chi connectivity index (χ1) is 9.62. The number of anilines is 1. The number of nitrogens with zero attached hydrogens (tertiary/aromatic N) is 2. The number of carbonyl (C=O) groups excluding carboxylic acids is 1. The fourth-order valence-corrected chi connectivity index (χ4v) is 1.57. The summed E-state index contributed by atoms with van der Waals surface area (Å²) in [4.78, 5) is 15.5. The summed E-state index contributed by atoms with van der Waals surface area (Å²) >= 11 is 3.31. The van der Waals surface area contributed by atoms with Crippen molar-refractivity contribution >= 4 is 33.9 Å². The highest BCUT2D eigenvalue weighted by Gasteiger charge is 2.16. The number of hydrogen-bond acceptors (Lipinski definition) is 5. The van der Waals surface area contributed by atoms with Gasteiger partial charge in [0.05, 0.1) is 12.9 Å². The zero-order valence-corrected chi connectivity index (χ0v) is 12.3. The van der Waals surface area contributed by atoms with E-state index < -0.39 is 5.97 Å². The molecular weight excluding hydrogens is 324 g/mol. The Hall–Kier alpha value is -2.33. The van der Waals surface area contributed by atoms with E-state index in [9.17, 15) is 4.79 Å². The smallest absolute Gasteiger partial charge is 0.352 e. The quantitative estimate of drug-likeness (QED) is 0.282. The molecule has 0 spiro atoms. The van der Waals surface area contributed by atoms with Crippen molar-refractivity contribution in [1.29, 1.82) is 5.26 Å². The van der Waals surface area contributed by atoms with Crippen molar-refractivity contribution in [2.24, 2.45) is 10.7 Å². The van der Waals surface area contributed by atoms with E-state index in [0.29, 0.717) is 5.69 Å². The third kappa shape index (κ3) is 4.40. The first-order valence-corrected chi connectivity index (χ1v) is 6.50. The van der Waals surface area contributed by atoms with Crippen LogP contribution in [0.3, 0.4) is 0 Å². The van der Waals surface area contributed by atoms with Crippen LogP contribution in [0.15, 0.2) is 45.1 Å². The molecule has 0 aliphatic rings. The van der Waals surface area contributed by atoms with Gasteiger partial charge in [-0.15, -0.1) is 0 Å². The predicted molar refractivity (Wildman–Crippen MR) is 79.7 cm³/mol. The van der Waals surface area contributed by atoms with Crippen LogP contribution in [0.25, 0.3) is 0 Å². The monoisotopic (exact) mass is 336 g/mol. The van der Waals surface area contributed by atoms with Gasteiger partial charge in [-0.05, 0) is 31.2 Å². The zero-order valence-electron chi connectivity index (χ0n) is 10.8. The molecule has 20 heavy (non-hydrogen) atoms. The molecule has 0 aliphatic carbocycles. The molecule has 1 aromatic rings. The Labute approximate surface area is 125 Å². The molecule has 0 saturated carbocycles. The van der Waals surface area contributed by atoms with Crippen LogP contribution in [-0.4, -0.2) is 18.9 Å². The number of aliphatic imine (C=N–C) groups is 1. The van der Waals surface area contributed by atoms with Crippen molar-refractivity contribution in [3.8, 4) is 6.07 Å². The lowest BCUT2D eigenvalue weighted by molar-refractivity contribution is -0.138. The van der Waals surface area contributed by atoms with Gasteiger partial charge in [0.1, 0.15) is 6.07 Å². The number of carbonyl (C=O) groups is 1. The van der Waals surface area contributed by atoms with E-state index in [0.717, 1.165) is 10.8 Å². The van der Waals surface area contributed by atoms with Crippen LogP contribution in [-0.2, 0) is 9.53 Å². The molecule has 0 heterocycles. The van der Waals surface area contributed by atoms with Crippen molar-refractivity contribution in [1.82, 2.24) is 0 Å². The summed E-state index contributed by atoms with van der Waals surface area (Å²) < 4.78 is 5.70. The molecule has 0 atom stereocenters. The first-order valence-electron chi connectivity index (χ1n) is 5.70. The molecule has 0 fully saturated rings.